The number of carbonyl (C=O) groups excluding carboxylic acids is 1. The van der Waals surface area contributed by atoms with Crippen molar-refractivity contribution in [3.05, 3.63) is 0 Å². The first-order valence-corrected chi connectivity index (χ1v) is 12.0. The normalized spacial score (nSPS) is 61.0. The van der Waals surface area contributed by atoms with Gasteiger partial charge in [-0.15, -0.1) is 0 Å². The molecule has 0 radical (unpaired) electrons. The molecule has 2 N–H and O–H groups in total. The number of esters is 1. The molecule has 5 heteroatoms. The Balaban J connectivity index is 1.31. The van der Waals surface area contributed by atoms with E-state index in [-0.39, 0.29) is 28.5 Å². The second kappa shape index (κ2) is 5.77. The van der Waals surface area contributed by atoms with Crippen LogP contribution in [-0.2, 0) is 14.3 Å². The Morgan fingerprint density at radius 1 is 0.966 bits per heavy atom. The van der Waals surface area contributed by atoms with E-state index in [1.54, 1.807) is 0 Å². The van der Waals surface area contributed by atoms with Crippen molar-refractivity contribution in [3.63, 3.8) is 0 Å². The molecule has 0 aromatic carbocycles. The van der Waals surface area contributed by atoms with Gasteiger partial charge in [-0.25, -0.2) is 0 Å². The van der Waals surface area contributed by atoms with E-state index in [2.05, 4.69) is 13.8 Å². The first-order valence-electron chi connectivity index (χ1n) is 12.0. The van der Waals surface area contributed by atoms with Crippen molar-refractivity contribution >= 4 is 5.97 Å². The van der Waals surface area contributed by atoms with Crippen LogP contribution in [0, 0.1) is 34.5 Å². The van der Waals surface area contributed by atoms with Crippen LogP contribution >= 0.6 is 0 Å². The predicted octanol–water partition coefficient (Wildman–Crippen LogP) is 3.21. The highest BCUT2D eigenvalue weighted by Gasteiger charge is 2.81. The average molecular weight is 405 g/mol. The fraction of sp³-hybridized carbons (Fsp3) is 0.958. The highest BCUT2D eigenvalue weighted by atomic mass is 16.6. The van der Waals surface area contributed by atoms with E-state index in [4.69, 9.17) is 9.47 Å². The number of rotatable bonds is 1. The lowest BCUT2D eigenvalue weighted by atomic mass is 9.42. The topological polar surface area (TPSA) is 79.3 Å². The minimum Gasteiger partial charge on any atom is -0.465 e. The molecule has 3 unspecified atom stereocenters. The van der Waals surface area contributed by atoms with Crippen molar-refractivity contribution in [1.29, 1.82) is 0 Å². The zero-order valence-corrected chi connectivity index (χ0v) is 17.9. The first-order chi connectivity index (χ1) is 13.7. The van der Waals surface area contributed by atoms with Gasteiger partial charge in [0.05, 0.1) is 24.4 Å². The van der Waals surface area contributed by atoms with Gasteiger partial charge in [-0.1, -0.05) is 13.8 Å². The molecule has 6 fully saturated rings. The summed E-state index contributed by atoms with van der Waals surface area (Å²) in [6.45, 7) is 5.36. The van der Waals surface area contributed by atoms with Gasteiger partial charge < -0.3 is 19.7 Å². The van der Waals surface area contributed by atoms with Gasteiger partial charge in [0.1, 0.15) is 5.60 Å². The second-order valence-corrected chi connectivity index (χ2v) is 11.8. The van der Waals surface area contributed by atoms with Crippen LogP contribution in [0.25, 0.3) is 0 Å². The van der Waals surface area contributed by atoms with Gasteiger partial charge in [-0.2, -0.15) is 0 Å². The van der Waals surface area contributed by atoms with E-state index < -0.39 is 5.60 Å². The summed E-state index contributed by atoms with van der Waals surface area (Å²) < 4.78 is 12.1. The Morgan fingerprint density at radius 3 is 2.48 bits per heavy atom. The third-order valence-corrected chi connectivity index (χ3v) is 11.0. The molecule has 162 valence electrons. The van der Waals surface area contributed by atoms with E-state index in [1.807, 2.05) is 0 Å². The number of aliphatic hydroxyl groups is 2. The lowest BCUT2D eigenvalue weighted by Gasteiger charge is -2.64. The number of ether oxygens (including phenoxy) is 2. The molecule has 29 heavy (non-hydrogen) atoms. The fourth-order valence-electron chi connectivity index (χ4n) is 9.40. The minimum absolute atomic E-state index is 0.0254. The maximum absolute atomic E-state index is 11.6. The van der Waals surface area contributed by atoms with Gasteiger partial charge >= 0.3 is 5.97 Å². The van der Waals surface area contributed by atoms with Crippen molar-refractivity contribution in [3.8, 4) is 0 Å². The van der Waals surface area contributed by atoms with E-state index in [1.165, 1.54) is 0 Å². The summed E-state index contributed by atoms with van der Waals surface area (Å²) in [5, 5.41) is 21.8. The zero-order valence-electron chi connectivity index (χ0n) is 17.9. The highest BCUT2D eigenvalue weighted by Crippen LogP contribution is 2.77. The van der Waals surface area contributed by atoms with E-state index in [0.29, 0.717) is 49.2 Å². The van der Waals surface area contributed by atoms with Crippen LogP contribution in [0.4, 0.5) is 0 Å². The first kappa shape index (κ1) is 19.1. The maximum atomic E-state index is 11.6. The third kappa shape index (κ3) is 2.20. The van der Waals surface area contributed by atoms with E-state index >= 15 is 0 Å². The van der Waals surface area contributed by atoms with Crippen LogP contribution in [-0.4, -0.2) is 46.2 Å². The van der Waals surface area contributed by atoms with Crippen molar-refractivity contribution in [1.82, 2.24) is 0 Å². The summed E-state index contributed by atoms with van der Waals surface area (Å²) in [5.74, 6) is 2.02. The highest BCUT2D eigenvalue weighted by molar-refractivity contribution is 5.70. The molecule has 1 spiro atoms. The van der Waals surface area contributed by atoms with Gasteiger partial charge in [0.15, 0.2) is 0 Å². The van der Waals surface area contributed by atoms with Crippen LogP contribution in [0.1, 0.15) is 78.1 Å². The second-order valence-electron chi connectivity index (χ2n) is 11.8. The van der Waals surface area contributed by atoms with Gasteiger partial charge in [0.2, 0.25) is 0 Å². The molecule has 2 saturated heterocycles. The largest absolute Gasteiger partial charge is 0.465 e. The summed E-state index contributed by atoms with van der Waals surface area (Å²) in [4.78, 5) is 11.6. The lowest BCUT2D eigenvalue weighted by molar-refractivity contribution is -0.227. The number of hydrogen-bond acceptors (Lipinski definition) is 5. The summed E-state index contributed by atoms with van der Waals surface area (Å²) in [7, 11) is 0. The van der Waals surface area contributed by atoms with Crippen LogP contribution in [0.5, 0.6) is 0 Å². The summed E-state index contributed by atoms with van der Waals surface area (Å²) >= 11 is 0. The maximum Gasteiger partial charge on any atom is 0.305 e. The third-order valence-electron chi connectivity index (χ3n) is 11.0. The Bertz CT molecular complexity index is 729. The molecule has 0 amide bonds. The minimum atomic E-state index is -0.726. The number of hydrogen-bond donors (Lipinski definition) is 2. The number of cyclic esters (lactones) is 1. The average Bonchev–Trinajstić information content (AvgIpc) is 3.34. The predicted molar refractivity (Wildman–Crippen MR) is 106 cm³/mol. The summed E-state index contributed by atoms with van der Waals surface area (Å²) in [6.07, 6.45) is 9.02. The molecular weight excluding hydrogens is 368 g/mol. The van der Waals surface area contributed by atoms with E-state index in [0.717, 1.165) is 51.4 Å². The van der Waals surface area contributed by atoms with Crippen molar-refractivity contribution < 1.29 is 24.5 Å². The Hall–Kier alpha value is -0.650. The Labute approximate surface area is 173 Å². The van der Waals surface area contributed by atoms with Crippen LogP contribution in [0.3, 0.4) is 0 Å². The monoisotopic (exact) mass is 404 g/mol. The number of aliphatic hydroxyl groups excluding tert-OH is 1. The molecule has 0 bridgehead atoms. The molecule has 6 rings (SSSR count). The SMILES string of the molecule is C[C@]12CCC(O)CC1(O)CC[C@@H]1[C@@H]2CC[C@]2(C)[C@@H]([C@H]3CCC(=O)OC3)CC3O[C@@]312. The number of fused-ring (bicyclic) bond motifs is 3. The molecule has 4 saturated carbocycles. The molecular formula is C24H36O5. The molecule has 0 aromatic rings. The lowest BCUT2D eigenvalue weighted by Crippen LogP contribution is -2.65. The van der Waals surface area contributed by atoms with Gasteiger partial charge in [-0.3, -0.25) is 4.79 Å². The quantitative estimate of drug-likeness (QED) is 0.518. The molecule has 2 aliphatic heterocycles. The molecule has 0 aromatic heterocycles. The Morgan fingerprint density at radius 2 is 1.72 bits per heavy atom. The van der Waals surface area contributed by atoms with Crippen LogP contribution in [0.15, 0.2) is 0 Å². The number of carbonyl (C=O) groups is 1. The Kier molecular flexibility index (Phi) is 3.80. The van der Waals surface area contributed by atoms with Crippen molar-refractivity contribution in [2.45, 2.75) is 101 Å². The standard InChI is InChI=1S/C24H36O5/c1-21-8-5-15(25)12-23(21,27)10-7-17-16(21)6-9-22(2)18(11-19-24(17,22)29-19)14-3-4-20(26)28-13-14/h14-19,25,27H,3-13H2,1-2H3/t14-,15?,16-,17+,18+,19?,21+,22+,23?,24+/m0/s1. The molecule has 5 nitrogen and oxygen atoms in total. The van der Waals surface area contributed by atoms with Gasteiger partial charge in [0, 0.05) is 18.3 Å². The molecule has 2 heterocycles. The van der Waals surface area contributed by atoms with Gasteiger partial charge in [-0.05, 0) is 80.5 Å². The summed E-state index contributed by atoms with van der Waals surface area (Å²) in [6, 6.07) is 0. The molecule has 10 atom stereocenters. The van der Waals surface area contributed by atoms with Crippen molar-refractivity contribution in [2.75, 3.05) is 6.61 Å². The number of epoxide rings is 1. The van der Waals surface area contributed by atoms with Gasteiger partial charge in [0.25, 0.3) is 0 Å². The zero-order chi connectivity index (χ0) is 20.2. The van der Waals surface area contributed by atoms with E-state index in [9.17, 15) is 15.0 Å². The smallest absolute Gasteiger partial charge is 0.305 e. The molecule has 6 aliphatic rings. The molecule has 4 aliphatic carbocycles. The fourth-order valence-corrected chi connectivity index (χ4v) is 9.40. The summed E-state index contributed by atoms with van der Waals surface area (Å²) in [5.41, 5.74) is -0.702. The van der Waals surface area contributed by atoms with Crippen LogP contribution in [0.2, 0.25) is 0 Å². The van der Waals surface area contributed by atoms with Crippen LogP contribution < -0.4 is 0 Å². The van der Waals surface area contributed by atoms with Crippen molar-refractivity contribution in [2.24, 2.45) is 34.5 Å².